The molecule has 3 rings (SSSR count). The smallest absolute Gasteiger partial charge is 0.127 e. The second-order valence-corrected chi connectivity index (χ2v) is 5.59. The summed E-state index contributed by atoms with van der Waals surface area (Å²) in [6.07, 6.45) is 1.86. The maximum atomic E-state index is 6.22. The average molecular weight is 289 g/mol. The molecule has 1 aliphatic heterocycles. The molecular weight excluding hydrogens is 272 g/mol. The van der Waals surface area contributed by atoms with Crippen LogP contribution >= 0.6 is 11.6 Å². The second-order valence-electron chi connectivity index (χ2n) is 4.97. The molecule has 0 N–H and O–H groups in total. The molecule has 1 heterocycles. The fourth-order valence-electron chi connectivity index (χ4n) is 2.39. The van der Waals surface area contributed by atoms with Crippen molar-refractivity contribution in [1.29, 1.82) is 0 Å². The third-order valence-electron chi connectivity index (χ3n) is 3.43. The summed E-state index contributed by atoms with van der Waals surface area (Å²) in [5, 5.41) is 0.201. The van der Waals surface area contributed by atoms with Crippen LogP contribution in [0.5, 0.6) is 11.5 Å². The number of hydrogen-bond acceptors (Lipinski definition) is 2. The molecule has 0 amide bonds. The molecule has 2 nitrogen and oxygen atoms in total. The van der Waals surface area contributed by atoms with Gasteiger partial charge >= 0.3 is 0 Å². The number of alkyl halides is 1. The van der Waals surface area contributed by atoms with Crippen molar-refractivity contribution in [3.05, 3.63) is 60.2 Å². The van der Waals surface area contributed by atoms with E-state index in [1.807, 2.05) is 48.5 Å². The van der Waals surface area contributed by atoms with Crippen LogP contribution in [0.3, 0.4) is 0 Å². The van der Waals surface area contributed by atoms with E-state index in [1.165, 1.54) is 0 Å². The Morgan fingerprint density at radius 3 is 2.60 bits per heavy atom. The number of benzene rings is 2. The average Bonchev–Trinajstić information content (AvgIpc) is 2.49. The lowest BCUT2D eigenvalue weighted by Gasteiger charge is -2.26. The lowest BCUT2D eigenvalue weighted by atomic mass is 10.0. The van der Waals surface area contributed by atoms with E-state index in [2.05, 4.69) is 6.07 Å². The van der Waals surface area contributed by atoms with Crippen LogP contribution in [0.4, 0.5) is 0 Å². The van der Waals surface area contributed by atoms with E-state index in [4.69, 9.17) is 21.1 Å². The zero-order chi connectivity index (χ0) is 13.8. The number of halogens is 1. The fraction of sp³-hybridized carbons (Fsp3) is 0.294. The zero-order valence-electron chi connectivity index (χ0n) is 11.2. The largest absolute Gasteiger partial charge is 0.457 e. The topological polar surface area (TPSA) is 18.5 Å². The molecule has 1 saturated heterocycles. The summed E-state index contributed by atoms with van der Waals surface area (Å²) in [6, 6.07) is 17.8. The van der Waals surface area contributed by atoms with Crippen LogP contribution in [0.15, 0.2) is 54.6 Å². The molecule has 0 spiro atoms. The predicted octanol–water partition coefficient (Wildman–Crippen LogP) is 4.94. The minimum absolute atomic E-state index is 0.0746. The third kappa shape index (κ3) is 3.33. The first-order valence-corrected chi connectivity index (χ1v) is 7.33. The monoisotopic (exact) mass is 288 g/mol. The third-order valence-corrected chi connectivity index (χ3v) is 3.83. The first kappa shape index (κ1) is 13.5. The predicted molar refractivity (Wildman–Crippen MR) is 80.5 cm³/mol. The lowest BCUT2D eigenvalue weighted by molar-refractivity contribution is 0.0168. The van der Waals surface area contributed by atoms with Gasteiger partial charge in [-0.25, -0.2) is 0 Å². The van der Waals surface area contributed by atoms with E-state index in [0.29, 0.717) is 0 Å². The van der Waals surface area contributed by atoms with Gasteiger partial charge < -0.3 is 9.47 Å². The molecule has 2 unspecified atom stereocenters. The highest BCUT2D eigenvalue weighted by Gasteiger charge is 2.22. The van der Waals surface area contributed by atoms with Gasteiger partial charge in [0.15, 0.2) is 0 Å². The van der Waals surface area contributed by atoms with Crippen molar-refractivity contribution >= 4 is 11.6 Å². The molecule has 2 atom stereocenters. The quantitative estimate of drug-likeness (QED) is 0.745. The SMILES string of the molecule is ClC1CCOC(c2cccc(Oc3ccccc3)c2)C1. The standard InChI is InChI=1S/C17H17ClO2/c18-14-9-10-19-17(12-14)13-5-4-8-16(11-13)20-15-6-2-1-3-7-15/h1-8,11,14,17H,9-10,12H2. The number of para-hydroxylation sites is 1. The van der Waals surface area contributed by atoms with Crippen LogP contribution in [0.1, 0.15) is 24.5 Å². The van der Waals surface area contributed by atoms with E-state index in [9.17, 15) is 0 Å². The molecule has 2 aromatic carbocycles. The Kier molecular flexibility index (Phi) is 4.24. The van der Waals surface area contributed by atoms with Crippen LogP contribution < -0.4 is 4.74 Å². The molecule has 20 heavy (non-hydrogen) atoms. The molecule has 1 aliphatic rings. The van der Waals surface area contributed by atoms with Gasteiger partial charge in [-0.1, -0.05) is 30.3 Å². The highest BCUT2D eigenvalue weighted by Crippen LogP contribution is 2.33. The van der Waals surface area contributed by atoms with Crippen LogP contribution in [-0.4, -0.2) is 12.0 Å². The maximum absolute atomic E-state index is 6.22. The van der Waals surface area contributed by atoms with Gasteiger partial charge in [0.25, 0.3) is 0 Å². The summed E-state index contributed by atoms with van der Waals surface area (Å²) < 4.78 is 11.6. The molecule has 3 heteroatoms. The number of hydrogen-bond donors (Lipinski definition) is 0. The van der Waals surface area contributed by atoms with Crippen molar-refractivity contribution in [3.8, 4) is 11.5 Å². The Bertz CT molecular complexity index is 556. The van der Waals surface area contributed by atoms with Crippen LogP contribution in [0, 0.1) is 0 Å². The van der Waals surface area contributed by atoms with Gasteiger partial charge in [-0.05, 0) is 42.7 Å². The fourth-order valence-corrected chi connectivity index (χ4v) is 2.64. The van der Waals surface area contributed by atoms with Gasteiger partial charge in [0, 0.05) is 12.0 Å². The minimum Gasteiger partial charge on any atom is -0.457 e. The summed E-state index contributed by atoms with van der Waals surface area (Å²) in [7, 11) is 0. The molecule has 0 aromatic heterocycles. The van der Waals surface area contributed by atoms with Gasteiger partial charge in [0.2, 0.25) is 0 Å². The van der Waals surface area contributed by atoms with Crippen molar-refractivity contribution < 1.29 is 9.47 Å². The van der Waals surface area contributed by atoms with E-state index >= 15 is 0 Å². The summed E-state index contributed by atoms with van der Waals surface area (Å²) >= 11 is 6.22. The Morgan fingerprint density at radius 2 is 1.80 bits per heavy atom. The molecule has 2 aromatic rings. The molecular formula is C17H17ClO2. The van der Waals surface area contributed by atoms with Crippen LogP contribution in [0.2, 0.25) is 0 Å². The van der Waals surface area contributed by atoms with Gasteiger partial charge in [-0.3, -0.25) is 0 Å². The number of rotatable bonds is 3. The zero-order valence-corrected chi connectivity index (χ0v) is 11.9. The van der Waals surface area contributed by atoms with E-state index in [-0.39, 0.29) is 11.5 Å². The van der Waals surface area contributed by atoms with E-state index in [0.717, 1.165) is 36.5 Å². The number of ether oxygens (including phenoxy) is 2. The Labute approximate surface area is 124 Å². The van der Waals surface area contributed by atoms with Gasteiger partial charge in [0.05, 0.1) is 6.10 Å². The summed E-state index contributed by atoms with van der Waals surface area (Å²) in [5.41, 5.74) is 1.13. The highest BCUT2D eigenvalue weighted by atomic mass is 35.5. The van der Waals surface area contributed by atoms with Crippen molar-refractivity contribution in [1.82, 2.24) is 0 Å². The second kappa shape index (κ2) is 6.29. The van der Waals surface area contributed by atoms with E-state index in [1.54, 1.807) is 0 Å². The van der Waals surface area contributed by atoms with Gasteiger partial charge in [0.1, 0.15) is 11.5 Å². The molecule has 0 saturated carbocycles. The van der Waals surface area contributed by atoms with E-state index < -0.39 is 0 Å². The van der Waals surface area contributed by atoms with Crippen LogP contribution in [-0.2, 0) is 4.74 Å². The lowest BCUT2D eigenvalue weighted by Crippen LogP contribution is -2.19. The molecule has 0 bridgehead atoms. The highest BCUT2D eigenvalue weighted by molar-refractivity contribution is 6.20. The Balaban J connectivity index is 1.75. The molecule has 0 radical (unpaired) electrons. The summed E-state index contributed by atoms with van der Waals surface area (Å²) in [4.78, 5) is 0. The maximum Gasteiger partial charge on any atom is 0.127 e. The van der Waals surface area contributed by atoms with Crippen molar-refractivity contribution in [3.63, 3.8) is 0 Å². The Morgan fingerprint density at radius 1 is 1.00 bits per heavy atom. The molecule has 0 aliphatic carbocycles. The Hall–Kier alpha value is -1.51. The van der Waals surface area contributed by atoms with Crippen molar-refractivity contribution in [2.75, 3.05) is 6.61 Å². The molecule has 104 valence electrons. The summed E-state index contributed by atoms with van der Waals surface area (Å²) in [5.74, 6) is 1.67. The van der Waals surface area contributed by atoms with Gasteiger partial charge in [-0.15, -0.1) is 11.6 Å². The normalized spacial score (nSPS) is 22.4. The summed E-state index contributed by atoms with van der Waals surface area (Å²) in [6.45, 7) is 0.725. The van der Waals surface area contributed by atoms with Crippen molar-refractivity contribution in [2.45, 2.75) is 24.3 Å². The van der Waals surface area contributed by atoms with Crippen LogP contribution in [0.25, 0.3) is 0 Å². The van der Waals surface area contributed by atoms with Crippen molar-refractivity contribution in [2.24, 2.45) is 0 Å². The first-order valence-electron chi connectivity index (χ1n) is 6.90. The van der Waals surface area contributed by atoms with Gasteiger partial charge in [-0.2, -0.15) is 0 Å². The minimum atomic E-state index is 0.0746. The molecule has 1 fully saturated rings. The first-order chi connectivity index (χ1) is 9.81.